The van der Waals surface area contributed by atoms with Crippen LogP contribution in [0.4, 0.5) is 0 Å². The van der Waals surface area contributed by atoms with Crippen LogP contribution in [0.3, 0.4) is 0 Å². The second-order valence-corrected chi connectivity index (χ2v) is 4.61. The van der Waals surface area contributed by atoms with Crippen molar-refractivity contribution < 1.29 is 4.79 Å². The second kappa shape index (κ2) is 5.17. The van der Waals surface area contributed by atoms with E-state index in [0.717, 1.165) is 23.0 Å². The Morgan fingerprint density at radius 2 is 2.11 bits per heavy atom. The van der Waals surface area contributed by atoms with Gasteiger partial charge in [-0.05, 0) is 32.4 Å². The number of benzene rings is 1. The molecule has 2 aromatic rings. The van der Waals surface area contributed by atoms with E-state index in [-0.39, 0.29) is 11.9 Å². The van der Waals surface area contributed by atoms with Crippen molar-refractivity contribution in [1.82, 2.24) is 10.3 Å². The van der Waals surface area contributed by atoms with Gasteiger partial charge in [-0.25, -0.2) is 0 Å². The molecule has 1 aromatic heterocycles. The zero-order valence-corrected chi connectivity index (χ0v) is 11.0. The van der Waals surface area contributed by atoms with Gasteiger partial charge in [0.1, 0.15) is 0 Å². The van der Waals surface area contributed by atoms with Crippen LogP contribution >= 0.6 is 0 Å². The third-order valence-corrected chi connectivity index (χ3v) is 3.08. The van der Waals surface area contributed by atoms with Crippen LogP contribution in [0, 0.1) is 6.92 Å². The standard InChI is InChI=1S/C15H18N2O/c1-4-10(2)17-15(18)13-9-11(3)16-14-8-6-5-7-12(13)14/h5-10H,4H2,1-3H3,(H,17,18)/t10-/m1/s1. The van der Waals surface area contributed by atoms with Gasteiger partial charge in [0.05, 0.1) is 11.1 Å². The van der Waals surface area contributed by atoms with Gasteiger partial charge >= 0.3 is 0 Å². The number of fused-ring (bicyclic) bond motifs is 1. The average Bonchev–Trinajstić information content (AvgIpc) is 2.37. The number of aromatic nitrogens is 1. The number of amides is 1. The summed E-state index contributed by atoms with van der Waals surface area (Å²) in [6.45, 7) is 5.97. The fourth-order valence-corrected chi connectivity index (χ4v) is 1.90. The number of hydrogen-bond acceptors (Lipinski definition) is 2. The number of pyridine rings is 1. The van der Waals surface area contributed by atoms with Crippen molar-refractivity contribution in [2.75, 3.05) is 0 Å². The van der Waals surface area contributed by atoms with Gasteiger partial charge in [-0.2, -0.15) is 0 Å². The molecule has 94 valence electrons. The van der Waals surface area contributed by atoms with Crippen LogP contribution in [-0.4, -0.2) is 16.9 Å². The fourth-order valence-electron chi connectivity index (χ4n) is 1.90. The first-order valence-corrected chi connectivity index (χ1v) is 6.29. The highest BCUT2D eigenvalue weighted by Gasteiger charge is 2.13. The Morgan fingerprint density at radius 3 is 2.83 bits per heavy atom. The van der Waals surface area contributed by atoms with E-state index >= 15 is 0 Å². The largest absolute Gasteiger partial charge is 0.350 e. The number of carbonyl (C=O) groups is 1. The lowest BCUT2D eigenvalue weighted by Gasteiger charge is -2.13. The molecule has 3 nitrogen and oxygen atoms in total. The first kappa shape index (κ1) is 12.6. The highest BCUT2D eigenvalue weighted by molar-refractivity contribution is 6.06. The van der Waals surface area contributed by atoms with Crippen LogP contribution in [0.25, 0.3) is 10.9 Å². The maximum Gasteiger partial charge on any atom is 0.252 e. The summed E-state index contributed by atoms with van der Waals surface area (Å²) >= 11 is 0. The van der Waals surface area contributed by atoms with Crippen LogP contribution in [-0.2, 0) is 0 Å². The molecular weight excluding hydrogens is 224 g/mol. The summed E-state index contributed by atoms with van der Waals surface area (Å²) in [7, 11) is 0. The van der Waals surface area contributed by atoms with E-state index in [1.165, 1.54) is 0 Å². The van der Waals surface area contributed by atoms with E-state index in [0.29, 0.717) is 5.56 Å². The molecule has 2 rings (SSSR count). The molecule has 0 unspecified atom stereocenters. The number of nitrogens with one attached hydrogen (secondary N) is 1. The molecule has 1 atom stereocenters. The molecule has 1 N–H and O–H groups in total. The maximum absolute atomic E-state index is 12.2. The summed E-state index contributed by atoms with van der Waals surface area (Å²) in [4.78, 5) is 16.7. The van der Waals surface area contributed by atoms with E-state index in [4.69, 9.17) is 0 Å². The second-order valence-electron chi connectivity index (χ2n) is 4.61. The van der Waals surface area contributed by atoms with Crippen LogP contribution in [0.5, 0.6) is 0 Å². The molecule has 18 heavy (non-hydrogen) atoms. The predicted molar refractivity (Wildman–Crippen MR) is 73.7 cm³/mol. The zero-order chi connectivity index (χ0) is 13.1. The summed E-state index contributed by atoms with van der Waals surface area (Å²) in [5.41, 5.74) is 2.44. The van der Waals surface area contributed by atoms with Crippen LogP contribution in [0.2, 0.25) is 0 Å². The smallest absolute Gasteiger partial charge is 0.252 e. The highest BCUT2D eigenvalue weighted by Crippen LogP contribution is 2.18. The Bertz CT molecular complexity index is 578. The quantitative estimate of drug-likeness (QED) is 0.898. The molecule has 0 spiro atoms. The minimum atomic E-state index is -0.0222. The van der Waals surface area contributed by atoms with E-state index < -0.39 is 0 Å². The Morgan fingerprint density at radius 1 is 1.39 bits per heavy atom. The minimum Gasteiger partial charge on any atom is -0.350 e. The van der Waals surface area contributed by atoms with E-state index in [1.807, 2.05) is 44.2 Å². The van der Waals surface area contributed by atoms with Crippen molar-refractivity contribution in [3.63, 3.8) is 0 Å². The topological polar surface area (TPSA) is 42.0 Å². The summed E-state index contributed by atoms with van der Waals surface area (Å²) in [6, 6.07) is 9.77. The molecule has 3 heteroatoms. The summed E-state index contributed by atoms with van der Waals surface area (Å²) in [5.74, 6) is -0.0222. The molecular formula is C15H18N2O. The average molecular weight is 242 g/mol. The van der Waals surface area contributed by atoms with Gasteiger partial charge < -0.3 is 5.32 Å². The predicted octanol–water partition coefficient (Wildman–Crippen LogP) is 3.07. The summed E-state index contributed by atoms with van der Waals surface area (Å²) in [6.07, 6.45) is 0.924. The highest BCUT2D eigenvalue weighted by atomic mass is 16.1. The van der Waals surface area contributed by atoms with Gasteiger partial charge in [0.2, 0.25) is 0 Å². The van der Waals surface area contributed by atoms with Crippen molar-refractivity contribution >= 4 is 16.8 Å². The molecule has 0 saturated carbocycles. The lowest BCUT2D eigenvalue weighted by Crippen LogP contribution is -2.32. The van der Waals surface area contributed by atoms with Gasteiger partial charge in [-0.15, -0.1) is 0 Å². The normalized spacial score (nSPS) is 12.4. The lowest BCUT2D eigenvalue weighted by atomic mass is 10.1. The molecule has 0 aliphatic carbocycles. The third-order valence-electron chi connectivity index (χ3n) is 3.08. The zero-order valence-electron chi connectivity index (χ0n) is 11.0. The summed E-state index contributed by atoms with van der Waals surface area (Å²) in [5, 5.41) is 3.90. The lowest BCUT2D eigenvalue weighted by molar-refractivity contribution is 0.0941. The first-order chi connectivity index (χ1) is 8.61. The van der Waals surface area contributed by atoms with Crippen molar-refractivity contribution in [3.05, 3.63) is 41.6 Å². The molecule has 0 aliphatic rings. The Hall–Kier alpha value is -1.90. The summed E-state index contributed by atoms with van der Waals surface area (Å²) < 4.78 is 0. The van der Waals surface area contributed by atoms with Crippen molar-refractivity contribution in [2.45, 2.75) is 33.2 Å². The molecule has 1 aromatic carbocycles. The number of carbonyl (C=O) groups excluding carboxylic acids is 1. The molecule has 0 fully saturated rings. The molecule has 1 amide bonds. The van der Waals surface area contributed by atoms with E-state index in [9.17, 15) is 4.79 Å². The van der Waals surface area contributed by atoms with Crippen molar-refractivity contribution in [3.8, 4) is 0 Å². The SMILES string of the molecule is CC[C@@H](C)NC(=O)c1cc(C)nc2ccccc12. The Kier molecular flexibility index (Phi) is 3.60. The molecule has 1 heterocycles. The van der Waals surface area contributed by atoms with Gasteiger partial charge in [0.15, 0.2) is 0 Å². The Labute approximate surface area is 107 Å². The van der Waals surface area contributed by atoms with Crippen LogP contribution in [0.1, 0.15) is 36.3 Å². The van der Waals surface area contributed by atoms with Gasteiger partial charge in [-0.3, -0.25) is 9.78 Å². The molecule has 0 saturated heterocycles. The van der Waals surface area contributed by atoms with Gasteiger partial charge in [0.25, 0.3) is 5.91 Å². The van der Waals surface area contributed by atoms with Crippen molar-refractivity contribution in [1.29, 1.82) is 0 Å². The fraction of sp³-hybridized carbons (Fsp3) is 0.333. The first-order valence-electron chi connectivity index (χ1n) is 6.29. The number of hydrogen-bond donors (Lipinski definition) is 1. The molecule has 0 radical (unpaired) electrons. The molecule has 0 bridgehead atoms. The van der Waals surface area contributed by atoms with Gasteiger partial charge in [-0.1, -0.05) is 25.1 Å². The van der Waals surface area contributed by atoms with Crippen LogP contribution in [0.15, 0.2) is 30.3 Å². The maximum atomic E-state index is 12.2. The Balaban J connectivity index is 2.46. The number of para-hydroxylation sites is 1. The van der Waals surface area contributed by atoms with Gasteiger partial charge in [0, 0.05) is 17.1 Å². The third kappa shape index (κ3) is 2.50. The minimum absolute atomic E-state index is 0.0222. The number of rotatable bonds is 3. The number of nitrogens with zero attached hydrogens (tertiary/aromatic N) is 1. The van der Waals surface area contributed by atoms with Crippen molar-refractivity contribution in [2.24, 2.45) is 0 Å². The van der Waals surface area contributed by atoms with Crippen LogP contribution < -0.4 is 5.32 Å². The monoisotopic (exact) mass is 242 g/mol. The molecule has 0 aliphatic heterocycles. The van der Waals surface area contributed by atoms with E-state index in [1.54, 1.807) is 0 Å². The van der Waals surface area contributed by atoms with E-state index in [2.05, 4.69) is 17.2 Å². The number of aryl methyl sites for hydroxylation is 1.